The van der Waals surface area contributed by atoms with E-state index in [4.69, 9.17) is 19.3 Å². The minimum atomic E-state index is 0. The van der Waals surface area contributed by atoms with Gasteiger partial charge in [-0.2, -0.15) is 5.10 Å². The Morgan fingerprint density at radius 3 is 2.50 bits per heavy atom. The number of benzene rings is 2. The van der Waals surface area contributed by atoms with Crippen molar-refractivity contribution in [3.63, 3.8) is 0 Å². The fraction of sp³-hybridized carbons (Fsp3) is 0.318. The van der Waals surface area contributed by atoms with Crippen LogP contribution in [0.5, 0.6) is 5.75 Å². The van der Waals surface area contributed by atoms with Crippen LogP contribution in [0.15, 0.2) is 42.5 Å². The molecule has 150 valence electrons. The van der Waals surface area contributed by atoms with Gasteiger partial charge in [0, 0.05) is 37.8 Å². The van der Waals surface area contributed by atoms with E-state index in [0.717, 1.165) is 44.6 Å². The fourth-order valence-electron chi connectivity index (χ4n) is 3.44. The molecule has 0 amide bonds. The van der Waals surface area contributed by atoms with Crippen molar-refractivity contribution in [1.82, 2.24) is 9.78 Å². The first-order chi connectivity index (χ1) is 13.1. The van der Waals surface area contributed by atoms with Gasteiger partial charge in [0.05, 0.1) is 26.0 Å². The summed E-state index contributed by atoms with van der Waals surface area (Å²) in [5.74, 6) is 0.856. The molecule has 28 heavy (non-hydrogen) atoms. The molecule has 5 nitrogen and oxygen atoms in total. The zero-order valence-electron chi connectivity index (χ0n) is 17.0. The molecule has 0 unspecified atom stereocenters. The van der Waals surface area contributed by atoms with Gasteiger partial charge in [0.25, 0.3) is 0 Å². The average molecular weight is 403 g/mol. The summed E-state index contributed by atoms with van der Waals surface area (Å²) in [5, 5.41) is 5.93. The number of nitrogens with zero attached hydrogens (tertiary/aromatic N) is 2. The number of fused-ring (bicyclic) bond motifs is 1. The Bertz CT molecular complexity index is 979. The Morgan fingerprint density at radius 1 is 1.07 bits per heavy atom. The van der Waals surface area contributed by atoms with E-state index in [1.165, 1.54) is 0 Å². The van der Waals surface area contributed by atoms with Crippen LogP contribution in [0, 0.1) is 6.92 Å². The number of ether oxygens (including phenoxy) is 3. The monoisotopic (exact) mass is 402 g/mol. The maximum absolute atomic E-state index is 5.41. The van der Waals surface area contributed by atoms with Crippen molar-refractivity contribution in [2.24, 2.45) is 7.05 Å². The van der Waals surface area contributed by atoms with E-state index in [-0.39, 0.29) is 12.4 Å². The summed E-state index contributed by atoms with van der Waals surface area (Å²) < 4.78 is 17.9. The predicted octanol–water partition coefficient (Wildman–Crippen LogP) is 4.66. The van der Waals surface area contributed by atoms with Gasteiger partial charge in [0.15, 0.2) is 0 Å². The first kappa shape index (κ1) is 22.0. The van der Waals surface area contributed by atoms with Crippen LogP contribution in [0.2, 0.25) is 0 Å². The molecule has 0 saturated heterocycles. The van der Waals surface area contributed by atoms with Crippen LogP contribution in [-0.2, 0) is 16.5 Å². The molecule has 2 aromatic carbocycles. The molecule has 0 N–H and O–H groups in total. The molecule has 0 spiro atoms. The van der Waals surface area contributed by atoms with E-state index < -0.39 is 0 Å². The summed E-state index contributed by atoms with van der Waals surface area (Å²) in [6, 6.07) is 12.4. The number of aryl methyl sites for hydroxylation is 2. The van der Waals surface area contributed by atoms with Gasteiger partial charge in [-0.25, -0.2) is 0 Å². The molecule has 0 bridgehead atoms. The van der Waals surface area contributed by atoms with Crippen LogP contribution in [0.1, 0.15) is 11.3 Å². The second kappa shape index (κ2) is 9.73. The standard InChI is InChI=1S/C22H26N2O3.ClH/c1-15-13-17(27-5)9-10-18(15)19-7-6-8-20-21(19)23-24(2)22(20)16(14-26-4)11-12-25-3;/h6-11,13H,12,14H2,1-5H3;1H/b16-11-;. The Morgan fingerprint density at radius 2 is 1.86 bits per heavy atom. The third-order valence-electron chi connectivity index (χ3n) is 4.69. The predicted molar refractivity (Wildman–Crippen MR) is 116 cm³/mol. The molecule has 0 aliphatic carbocycles. The molecular formula is C22H27ClN2O3. The fourth-order valence-corrected chi connectivity index (χ4v) is 3.44. The van der Waals surface area contributed by atoms with E-state index in [1.54, 1.807) is 21.3 Å². The first-order valence-corrected chi connectivity index (χ1v) is 8.88. The average Bonchev–Trinajstić information content (AvgIpc) is 3.01. The Hall–Kier alpha value is -2.34. The van der Waals surface area contributed by atoms with Crippen molar-refractivity contribution >= 4 is 28.9 Å². The van der Waals surface area contributed by atoms with Crippen molar-refractivity contribution in [2.45, 2.75) is 6.92 Å². The Balaban J connectivity index is 0.00000280. The molecule has 1 heterocycles. The quantitative estimate of drug-likeness (QED) is 0.576. The van der Waals surface area contributed by atoms with E-state index in [0.29, 0.717) is 13.2 Å². The molecule has 3 aromatic rings. The van der Waals surface area contributed by atoms with Crippen LogP contribution in [0.25, 0.3) is 27.6 Å². The molecule has 0 radical (unpaired) electrons. The summed E-state index contributed by atoms with van der Waals surface area (Å²) in [5.41, 5.74) is 6.51. The second-order valence-corrected chi connectivity index (χ2v) is 6.47. The summed E-state index contributed by atoms with van der Waals surface area (Å²) >= 11 is 0. The molecule has 1 aromatic heterocycles. The highest BCUT2D eigenvalue weighted by molar-refractivity contribution is 6.00. The number of hydrogen-bond donors (Lipinski definition) is 0. The molecule has 0 aliphatic heterocycles. The van der Waals surface area contributed by atoms with Crippen LogP contribution >= 0.6 is 12.4 Å². The van der Waals surface area contributed by atoms with Gasteiger partial charge >= 0.3 is 0 Å². The normalized spacial score (nSPS) is 11.5. The molecule has 3 rings (SSSR count). The van der Waals surface area contributed by atoms with Crippen LogP contribution < -0.4 is 4.74 Å². The van der Waals surface area contributed by atoms with Gasteiger partial charge in [0.1, 0.15) is 11.3 Å². The maximum atomic E-state index is 5.41. The van der Waals surface area contributed by atoms with Crippen molar-refractivity contribution in [1.29, 1.82) is 0 Å². The van der Waals surface area contributed by atoms with Gasteiger partial charge in [-0.3, -0.25) is 4.68 Å². The Labute approximate surface area is 172 Å². The van der Waals surface area contributed by atoms with Gasteiger partial charge in [0.2, 0.25) is 0 Å². The summed E-state index contributed by atoms with van der Waals surface area (Å²) in [6.45, 7) is 3.13. The third kappa shape index (κ3) is 4.22. The van der Waals surface area contributed by atoms with Crippen molar-refractivity contribution < 1.29 is 14.2 Å². The molecule has 0 fully saturated rings. The number of rotatable bonds is 7. The van der Waals surface area contributed by atoms with Crippen molar-refractivity contribution in [3.05, 3.63) is 53.7 Å². The van der Waals surface area contributed by atoms with E-state index in [1.807, 2.05) is 29.9 Å². The first-order valence-electron chi connectivity index (χ1n) is 8.88. The topological polar surface area (TPSA) is 45.5 Å². The zero-order valence-corrected chi connectivity index (χ0v) is 17.8. The largest absolute Gasteiger partial charge is 0.497 e. The number of hydrogen-bond acceptors (Lipinski definition) is 4. The van der Waals surface area contributed by atoms with Gasteiger partial charge in [-0.05, 0) is 30.2 Å². The highest BCUT2D eigenvalue weighted by atomic mass is 35.5. The maximum Gasteiger partial charge on any atom is 0.119 e. The summed E-state index contributed by atoms with van der Waals surface area (Å²) in [4.78, 5) is 0. The van der Waals surface area contributed by atoms with E-state index in [2.05, 4.69) is 31.2 Å². The smallest absolute Gasteiger partial charge is 0.119 e. The highest BCUT2D eigenvalue weighted by Crippen LogP contribution is 2.35. The minimum Gasteiger partial charge on any atom is -0.497 e. The van der Waals surface area contributed by atoms with Crippen molar-refractivity contribution in [3.8, 4) is 16.9 Å². The van der Waals surface area contributed by atoms with Gasteiger partial charge < -0.3 is 14.2 Å². The third-order valence-corrected chi connectivity index (χ3v) is 4.69. The lowest BCUT2D eigenvalue weighted by molar-refractivity contribution is 0.227. The zero-order chi connectivity index (χ0) is 19.4. The lowest BCUT2D eigenvalue weighted by Crippen LogP contribution is -2.03. The lowest BCUT2D eigenvalue weighted by Gasteiger charge is -2.10. The molecule has 0 atom stereocenters. The SMILES string of the molecule is COC/C=C(/COC)c1c2cccc(-c3ccc(OC)cc3C)c2nn1C.Cl. The van der Waals surface area contributed by atoms with Crippen molar-refractivity contribution in [2.75, 3.05) is 34.5 Å². The summed E-state index contributed by atoms with van der Waals surface area (Å²) in [7, 11) is 7.04. The lowest BCUT2D eigenvalue weighted by atomic mass is 9.97. The van der Waals surface area contributed by atoms with Gasteiger partial charge in [-0.1, -0.05) is 30.3 Å². The van der Waals surface area contributed by atoms with E-state index >= 15 is 0 Å². The Kier molecular flexibility index (Phi) is 7.63. The second-order valence-electron chi connectivity index (χ2n) is 6.47. The van der Waals surface area contributed by atoms with Gasteiger partial charge in [-0.15, -0.1) is 12.4 Å². The van der Waals surface area contributed by atoms with E-state index in [9.17, 15) is 0 Å². The molecule has 0 saturated carbocycles. The molecular weight excluding hydrogens is 376 g/mol. The van der Waals surface area contributed by atoms with Crippen LogP contribution in [-0.4, -0.2) is 44.3 Å². The highest BCUT2D eigenvalue weighted by Gasteiger charge is 2.17. The molecule has 6 heteroatoms. The van der Waals surface area contributed by atoms with Crippen LogP contribution in [0.3, 0.4) is 0 Å². The van der Waals surface area contributed by atoms with Crippen LogP contribution in [0.4, 0.5) is 0 Å². The number of aromatic nitrogens is 2. The minimum absolute atomic E-state index is 0. The number of halogens is 1. The number of methoxy groups -OCH3 is 3. The molecule has 0 aliphatic rings. The summed E-state index contributed by atoms with van der Waals surface area (Å²) in [6.07, 6.45) is 2.05.